The Morgan fingerprint density at radius 2 is 2.00 bits per heavy atom. The largest absolute Gasteiger partial charge is 0.487 e. The van der Waals surface area contributed by atoms with E-state index < -0.39 is 4.92 Å². The number of carbonyl (C=O) groups is 1. The predicted octanol–water partition coefficient (Wildman–Crippen LogP) is 4.12. The van der Waals surface area contributed by atoms with Crippen LogP contribution in [0.25, 0.3) is 0 Å². The van der Waals surface area contributed by atoms with Crippen molar-refractivity contribution in [3.63, 3.8) is 0 Å². The number of ether oxygens (including phenoxy) is 1. The summed E-state index contributed by atoms with van der Waals surface area (Å²) in [4.78, 5) is 23.1. The topological polar surface area (TPSA) is 81.5 Å². The molecule has 0 heterocycles. The summed E-state index contributed by atoms with van der Waals surface area (Å²) in [6.07, 6.45) is 0.778. The minimum absolute atomic E-state index is 0.157. The molecule has 1 N–H and O–H groups in total. The molecule has 126 valence electrons. The van der Waals surface area contributed by atoms with E-state index in [2.05, 4.69) is 5.32 Å². The summed E-state index contributed by atoms with van der Waals surface area (Å²) in [6, 6.07) is 10.0. The van der Waals surface area contributed by atoms with Crippen LogP contribution in [0.15, 0.2) is 36.4 Å². The number of nitro benzene ring substituents is 1. The lowest BCUT2D eigenvalue weighted by atomic mass is 10.1. The molecule has 0 spiro atoms. The second-order valence-electron chi connectivity index (χ2n) is 5.29. The van der Waals surface area contributed by atoms with Crippen molar-refractivity contribution < 1.29 is 14.5 Å². The molecule has 0 saturated heterocycles. The highest BCUT2D eigenvalue weighted by molar-refractivity contribution is 6.05. The number of rotatable bonds is 6. The zero-order valence-electron chi connectivity index (χ0n) is 14.0. The van der Waals surface area contributed by atoms with Gasteiger partial charge in [-0.25, -0.2) is 0 Å². The number of hydrogen-bond donors (Lipinski definition) is 1. The Hall–Kier alpha value is -2.89. The van der Waals surface area contributed by atoms with E-state index in [-0.39, 0.29) is 22.9 Å². The van der Waals surface area contributed by atoms with Gasteiger partial charge in [0.05, 0.1) is 11.5 Å². The predicted molar refractivity (Wildman–Crippen MR) is 92.8 cm³/mol. The fourth-order valence-electron chi connectivity index (χ4n) is 2.47. The van der Waals surface area contributed by atoms with Crippen LogP contribution >= 0.6 is 0 Å². The molecule has 2 aromatic rings. The van der Waals surface area contributed by atoms with Gasteiger partial charge >= 0.3 is 5.69 Å². The van der Waals surface area contributed by atoms with Crippen LogP contribution < -0.4 is 10.1 Å². The SMILES string of the molecule is CCOc1ccc(C(=O)Nc2c(C)cccc2CC)cc1[N+](=O)[O-]. The fourth-order valence-corrected chi connectivity index (χ4v) is 2.47. The Balaban J connectivity index is 2.34. The molecule has 1 amide bonds. The molecule has 0 aromatic heterocycles. The highest BCUT2D eigenvalue weighted by Gasteiger charge is 2.19. The summed E-state index contributed by atoms with van der Waals surface area (Å²) in [5.41, 5.74) is 2.72. The van der Waals surface area contributed by atoms with E-state index in [1.54, 1.807) is 6.92 Å². The van der Waals surface area contributed by atoms with Gasteiger partial charge in [0.15, 0.2) is 5.75 Å². The highest BCUT2D eigenvalue weighted by Crippen LogP contribution is 2.29. The van der Waals surface area contributed by atoms with Gasteiger partial charge in [0.2, 0.25) is 0 Å². The van der Waals surface area contributed by atoms with Crippen molar-refractivity contribution in [1.29, 1.82) is 0 Å². The van der Waals surface area contributed by atoms with Crippen molar-refractivity contribution in [2.75, 3.05) is 11.9 Å². The van der Waals surface area contributed by atoms with E-state index in [9.17, 15) is 14.9 Å². The average molecular weight is 328 g/mol. The number of benzene rings is 2. The molecule has 6 nitrogen and oxygen atoms in total. The summed E-state index contributed by atoms with van der Waals surface area (Å²) in [5.74, 6) is -0.227. The van der Waals surface area contributed by atoms with Crippen molar-refractivity contribution in [3.8, 4) is 5.75 Å². The van der Waals surface area contributed by atoms with E-state index in [1.165, 1.54) is 18.2 Å². The van der Waals surface area contributed by atoms with Gasteiger partial charge in [0, 0.05) is 17.3 Å². The lowest BCUT2D eigenvalue weighted by Crippen LogP contribution is -2.14. The highest BCUT2D eigenvalue weighted by atomic mass is 16.6. The minimum atomic E-state index is -0.549. The summed E-state index contributed by atoms with van der Waals surface area (Å²) in [6.45, 7) is 5.98. The normalized spacial score (nSPS) is 10.3. The van der Waals surface area contributed by atoms with Gasteiger partial charge in [-0.05, 0) is 43.5 Å². The number of hydrogen-bond acceptors (Lipinski definition) is 4. The third-order valence-corrected chi connectivity index (χ3v) is 3.70. The number of anilines is 1. The Kier molecular flexibility index (Phi) is 5.52. The molecular weight excluding hydrogens is 308 g/mol. The Morgan fingerprint density at radius 3 is 2.62 bits per heavy atom. The molecule has 6 heteroatoms. The van der Waals surface area contributed by atoms with E-state index in [4.69, 9.17) is 4.74 Å². The van der Waals surface area contributed by atoms with Crippen LogP contribution in [0, 0.1) is 17.0 Å². The maximum Gasteiger partial charge on any atom is 0.311 e. The van der Waals surface area contributed by atoms with Crippen molar-refractivity contribution in [2.24, 2.45) is 0 Å². The van der Waals surface area contributed by atoms with Crippen molar-refractivity contribution in [1.82, 2.24) is 0 Å². The Morgan fingerprint density at radius 1 is 1.25 bits per heavy atom. The van der Waals surface area contributed by atoms with Gasteiger partial charge in [-0.2, -0.15) is 0 Å². The van der Waals surface area contributed by atoms with Crippen LogP contribution in [0.5, 0.6) is 5.75 Å². The number of nitro groups is 1. The zero-order chi connectivity index (χ0) is 17.7. The van der Waals surface area contributed by atoms with E-state index in [1.807, 2.05) is 32.0 Å². The number of amides is 1. The van der Waals surface area contributed by atoms with Crippen LogP contribution in [-0.2, 0) is 6.42 Å². The quantitative estimate of drug-likeness (QED) is 0.639. The van der Waals surface area contributed by atoms with Crippen LogP contribution in [0.1, 0.15) is 35.3 Å². The van der Waals surface area contributed by atoms with Crippen molar-refractivity contribution >= 4 is 17.3 Å². The molecule has 0 unspecified atom stereocenters. The smallest absolute Gasteiger partial charge is 0.311 e. The Bertz CT molecular complexity index is 772. The van der Waals surface area contributed by atoms with Gasteiger partial charge in [0.1, 0.15) is 0 Å². The lowest BCUT2D eigenvalue weighted by Gasteiger charge is -2.13. The number of para-hydroxylation sites is 1. The lowest BCUT2D eigenvalue weighted by molar-refractivity contribution is -0.385. The molecule has 0 saturated carbocycles. The van der Waals surface area contributed by atoms with Crippen LogP contribution in [0.3, 0.4) is 0 Å². The first-order valence-electron chi connectivity index (χ1n) is 7.79. The number of carbonyl (C=O) groups excluding carboxylic acids is 1. The molecule has 0 radical (unpaired) electrons. The van der Waals surface area contributed by atoms with Gasteiger partial charge in [-0.3, -0.25) is 14.9 Å². The van der Waals surface area contributed by atoms with E-state index >= 15 is 0 Å². The summed E-state index contributed by atoms with van der Waals surface area (Å²) < 4.78 is 5.23. The first-order chi connectivity index (χ1) is 11.5. The van der Waals surface area contributed by atoms with Crippen LogP contribution in [-0.4, -0.2) is 17.4 Å². The van der Waals surface area contributed by atoms with Crippen LogP contribution in [0.4, 0.5) is 11.4 Å². The molecule has 0 aliphatic rings. The molecule has 2 rings (SSSR count). The number of aryl methyl sites for hydroxylation is 2. The van der Waals surface area contributed by atoms with E-state index in [0.29, 0.717) is 6.61 Å². The monoisotopic (exact) mass is 328 g/mol. The first-order valence-corrected chi connectivity index (χ1v) is 7.79. The first kappa shape index (κ1) is 17.5. The standard InChI is InChI=1S/C18H20N2O4/c1-4-13-8-6-7-12(3)17(13)19-18(21)14-9-10-16(24-5-2)15(11-14)20(22)23/h6-11H,4-5H2,1-3H3,(H,19,21). The van der Waals surface area contributed by atoms with Gasteiger partial charge in [-0.1, -0.05) is 25.1 Å². The maximum absolute atomic E-state index is 12.5. The van der Waals surface area contributed by atoms with Gasteiger partial charge in [0.25, 0.3) is 5.91 Å². The molecular formula is C18H20N2O4. The molecule has 0 bridgehead atoms. The van der Waals surface area contributed by atoms with Gasteiger partial charge in [-0.15, -0.1) is 0 Å². The fraction of sp³-hybridized carbons (Fsp3) is 0.278. The van der Waals surface area contributed by atoms with Crippen molar-refractivity contribution in [2.45, 2.75) is 27.2 Å². The molecule has 2 aromatic carbocycles. The van der Waals surface area contributed by atoms with Gasteiger partial charge < -0.3 is 10.1 Å². The van der Waals surface area contributed by atoms with Crippen LogP contribution in [0.2, 0.25) is 0 Å². The minimum Gasteiger partial charge on any atom is -0.487 e. The number of nitrogens with zero attached hydrogens (tertiary/aromatic N) is 1. The molecule has 0 fully saturated rings. The Labute approximate surface area is 140 Å². The molecule has 0 aliphatic heterocycles. The third kappa shape index (κ3) is 3.71. The third-order valence-electron chi connectivity index (χ3n) is 3.70. The zero-order valence-corrected chi connectivity index (χ0v) is 14.0. The molecule has 0 aliphatic carbocycles. The van der Waals surface area contributed by atoms with E-state index in [0.717, 1.165) is 23.2 Å². The maximum atomic E-state index is 12.5. The summed E-state index contributed by atoms with van der Waals surface area (Å²) in [7, 11) is 0. The molecule has 0 atom stereocenters. The molecule has 24 heavy (non-hydrogen) atoms. The summed E-state index contributed by atoms with van der Waals surface area (Å²) in [5, 5.41) is 14.0. The summed E-state index contributed by atoms with van der Waals surface area (Å²) >= 11 is 0. The van der Waals surface area contributed by atoms with Crippen molar-refractivity contribution in [3.05, 3.63) is 63.2 Å². The second kappa shape index (κ2) is 7.59. The number of nitrogens with one attached hydrogen (secondary N) is 1. The second-order valence-corrected chi connectivity index (χ2v) is 5.29. The average Bonchev–Trinajstić information content (AvgIpc) is 2.57.